The van der Waals surface area contributed by atoms with E-state index >= 15 is 0 Å². The smallest absolute Gasteiger partial charge is 0.245 e. The molecule has 0 heterocycles. The SMILES string of the molecule is Cc1ccc(C)c(N(CC(=O)Nc2ccc(Br)c(C)c2)S(C)(=O)=O)c1. The predicted molar refractivity (Wildman–Crippen MR) is 106 cm³/mol. The normalized spacial score (nSPS) is 11.2. The highest BCUT2D eigenvalue weighted by Crippen LogP contribution is 2.24. The number of hydrogen-bond acceptors (Lipinski definition) is 3. The topological polar surface area (TPSA) is 66.5 Å². The number of hydrogen-bond donors (Lipinski definition) is 1. The molecule has 1 N–H and O–H groups in total. The maximum absolute atomic E-state index is 12.4. The Kier molecular flexibility index (Phi) is 5.90. The predicted octanol–water partition coefficient (Wildman–Crippen LogP) is 3.78. The molecule has 0 radical (unpaired) electrons. The number of carbonyl (C=O) groups is 1. The Hall–Kier alpha value is -1.86. The first-order valence-corrected chi connectivity index (χ1v) is 10.3. The van der Waals surface area contributed by atoms with Crippen molar-refractivity contribution in [3.8, 4) is 0 Å². The van der Waals surface area contributed by atoms with Gasteiger partial charge < -0.3 is 5.32 Å². The number of anilines is 2. The van der Waals surface area contributed by atoms with Gasteiger partial charge in [0.15, 0.2) is 0 Å². The highest BCUT2D eigenvalue weighted by Gasteiger charge is 2.22. The fourth-order valence-corrected chi connectivity index (χ4v) is 3.57. The summed E-state index contributed by atoms with van der Waals surface area (Å²) in [5.41, 5.74) is 3.85. The highest BCUT2D eigenvalue weighted by atomic mass is 79.9. The molecule has 0 spiro atoms. The molecule has 2 aromatic rings. The second kappa shape index (κ2) is 7.58. The van der Waals surface area contributed by atoms with E-state index in [1.165, 1.54) is 0 Å². The number of rotatable bonds is 5. The van der Waals surface area contributed by atoms with Gasteiger partial charge in [-0.2, -0.15) is 0 Å². The van der Waals surface area contributed by atoms with Gasteiger partial charge in [-0.15, -0.1) is 0 Å². The van der Waals surface area contributed by atoms with Crippen molar-refractivity contribution >= 4 is 43.2 Å². The van der Waals surface area contributed by atoms with Crippen LogP contribution in [0.2, 0.25) is 0 Å². The second-order valence-electron chi connectivity index (χ2n) is 6.07. The summed E-state index contributed by atoms with van der Waals surface area (Å²) in [6.07, 6.45) is 1.10. The van der Waals surface area contributed by atoms with Gasteiger partial charge in [0.25, 0.3) is 0 Å². The summed E-state index contributed by atoms with van der Waals surface area (Å²) in [6, 6.07) is 10.9. The first-order chi connectivity index (χ1) is 11.6. The lowest BCUT2D eigenvalue weighted by Crippen LogP contribution is -2.37. The summed E-state index contributed by atoms with van der Waals surface area (Å²) in [5, 5.41) is 2.75. The maximum Gasteiger partial charge on any atom is 0.245 e. The van der Waals surface area contributed by atoms with Crippen molar-refractivity contribution in [2.45, 2.75) is 20.8 Å². The Balaban J connectivity index is 2.27. The number of nitrogens with zero attached hydrogens (tertiary/aromatic N) is 1. The second-order valence-corrected chi connectivity index (χ2v) is 8.83. The zero-order chi connectivity index (χ0) is 18.8. The van der Waals surface area contributed by atoms with Crippen molar-refractivity contribution in [3.63, 3.8) is 0 Å². The van der Waals surface area contributed by atoms with Crippen LogP contribution < -0.4 is 9.62 Å². The third-order valence-corrected chi connectivity index (χ3v) is 5.78. The zero-order valence-electron chi connectivity index (χ0n) is 14.6. The van der Waals surface area contributed by atoms with Crippen LogP contribution in [0.4, 0.5) is 11.4 Å². The molecule has 0 bridgehead atoms. The molecule has 2 aromatic carbocycles. The van der Waals surface area contributed by atoms with Crippen LogP contribution >= 0.6 is 15.9 Å². The molecule has 2 rings (SSSR count). The molecular formula is C18H21BrN2O3S. The van der Waals surface area contributed by atoms with E-state index in [9.17, 15) is 13.2 Å². The number of amides is 1. The quantitative estimate of drug-likeness (QED) is 0.793. The molecule has 0 saturated carbocycles. The number of carbonyl (C=O) groups excluding carboxylic acids is 1. The average molecular weight is 425 g/mol. The first-order valence-electron chi connectivity index (χ1n) is 7.69. The van der Waals surface area contributed by atoms with Gasteiger partial charge in [0, 0.05) is 10.2 Å². The molecule has 0 aromatic heterocycles. The zero-order valence-corrected chi connectivity index (χ0v) is 17.0. The number of benzene rings is 2. The molecule has 5 nitrogen and oxygen atoms in total. The molecule has 7 heteroatoms. The lowest BCUT2D eigenvalue weighted by Gasteiger charge is -2.24. The molecule has 0 saturated heterocycles. The third-order valence-electron chi connectivity index (χ3n) is 3.76. The average Bonchev–Trinajstić information content (AvgIpc) is 2.50. The number of sulfonamides is 1. The van der Waals surface area contributed by atoms with E-state index in [-0.39, 0.29) is 6.54 Å². The minimum atomic E-state index is -3.59. The van der Waals surface area contributed by atoms with Crippen molar-refractivity contribution in [2.24, 2.45) is 0 Å². The summed E-state index contributed by atoms with van der Waals surface area (Å²) in [7, 11) is -3.59. The van der Waals surface area contributed by atoms with E-state index in [0.717, 1.165) is 31.7 Å². The third kappa shape index (κ3) is 5.06. The van der Waals surface area contributed by atoms with Crippen molar-refractivity contribution in [1.82, 2.24) is 0 Å². The van der Waals surface area contributed by atoms with Gasteiger partial charge in [0.2, 0.25) is 15.9 Å². The molecule has 0 aliphatic carbocycles. The lowest BCUT2D eigenvalue weighted by molar-refractivity contribution is -0.114. The van der Waals surface area contributed by atoms with Crippen molar-refractivity contribution in [1.29, 1.82) is 0 Å². The van der Waals surface area contributed by atoms with E-state index in [0.29, 0.717) is 11.4 Å². The van der Waals surface area contributed by atoms with Crippen molar-refractivity contribution in [3.05, 3.63) is 57.6 Å². The van der Waals surface area contributed by atoms with Crippen LogP contribution in [0.5, 0.6) is 0 Å². The van der Waals surface area contributed by atoms with Crippen LogP contribution in [0.15, 0.2) is 40.9 Å². The fraction of sp³-hybridized carbons (Fsp3) is 0.278. The molecule has 0 aliphatic heterocycles. The largest absolute Gasteiger partial charge is 0.325 e. The van der Waals surface area contributed by atoms with Gasteiger partial charge >= 0.3 is 0 Å². The molecule has 1 amide bonds. The number of halogens is 1. The highest BCUT2D eigenvalue weighted by molar-refractivity contribution is 9.10. The number of aryl methyl sites for hydroxylation is 3. The van der Waals surface area contributed by atoms with Crippen molar-refractivity contribution < 1.29 is 13.2 Å². The Morgan fingerprint density at radius 1 is 1.08 bits per heavy atom. The van der Waals surface area contributed by atoms with E-state index in [4.69, 9.17) is 0 Å². The minimum Gasteiger partial charge on any atom is -0.325 e. The Morgan fingerprint density at radius 3 is 2.36 bits per heavy atom. The molecule has 0 atom stereocenters. The van der Waals surface area contributed by atoms with E-state index < -0.39 is 15.9 Å². The van der Waals surface area contributed by atoms with Gasteiger partial charge in [-0.05, 0) is 61.7 Å². The van der Waals surface area contributed by atoms with Crippen molar-refractivity contribution in [2.75, 3.05) is 22.4 Å². The Morgan fingerprint density at radius 2 is 1.76 bits per heavy atom. The summed E-state index contributed by atoms with van der Waals surface area (Å²) in [6.45, 7) is 5.34. The maximum atomic E-state index is 12.4. The van der Waals surface area contributed by atoms with Gasteiger partial charge in [-0.1, -0.05) is 28.1 Å². The fourth-order valence-electron chi connectivity index (χ4n) is 2.42. The van der Waals surface area contributed by atoms with E-state index in [1.807, 2.05) is 45.0 Å². The molecule has 0 aliphatic rings. The van der Waals surface area contributed by atoms with Gasteiger partial charge in [-0.25, -0.2) is 8.42 Å². The number of nitrogens with one attached hydrogen (secondary N) is 1. The molecular weight excluding hydrogens is 404 g/mol. The lowest BCUT2D eigenvalue weighted by atomic mass is 10.1. The van der Waals surface area contributed by atoms with Crippen LogP contribution in [0, 0.1) is 20.8 Å². The van der Waals surface area contributed by atoms with E-state index in [1.54, 1.807) is 12.1 Å². The molecule has 0 unspecified atom stereocenters. The van der Waals surface area contributed by atoms with Crippen LogP contribution in [0.25, 0.3) is 0 Å². The van der Waals surface area contributed by atoms with E-state index in [2.05, 4.69) is 21.2 Å². The van der Waals surface area contributed by atoms with Gasteiger partial charge in [0.05, 0.1) is 11.9 Å². The standard InChI is InChI=1S/C18H21BrN2O3S/c1-12-5-6-13(2)17(9-12)21(25(4,23)24)11-18(22)20-15-7-8-16(19)14(3)10-15/h5-10H,11H2,1-4H3,(H,20,22). The summed E-state index contributed by atoms with van der Waals surface area (Å²) in [5.74, 6) is -0.395. The minimum absolute atomic E-state index is 0.280. The Labute approximate surface area is 157 Å². The van der Waals surface area contributed by atoms with Crippen LogP contribution in [-0.2, 0) is 14.8 Å². The Bertz CT molecular complexity index is 911. The summed E-state index contributed by atoms with van der Waals surface area (Å²) < 4.78 is 26.5. The molecule has 25 heavy (non-hydrogen) atoms. The first kappa shape index (κ1) is 19.5. The van der Waals surface area contributed by atoms with Gasteiger partial charge in [-0.3, -0.25) is 9.10 Å². The van der Waals surface area contributed by atoms with Crippen LogP contribution in [0.1, 0.15) is 16.7 Å². The molecule has 134 valence electrons. The van der Waals surface area contributed by atoms with Gasteiger partial charge in [0.1, 0.15) is 6.54 Å². The monoisotopic (exact) mass is 424 g/mol. The summed E-state index contributed by atoms with van der Waals surface area (Å²) in [4.78, 5) is 12.4. The van der Waals surface area contributed by atoms with Crippen LogP contribution in [-0.4, -0.2) is 27.1 Å². The molecule has 0 fully saturated rings. The van der Waals surface area contributed by atoms with Crippen LogP contribution in [0.3, 0.4) is 0 Å². The summed E-state index contributed by atoms with van der Waals surface area (Å²) >= 11 is 3.41.